The Hall–Kier alpha value is -1.88. The molecule has 1 heterocycles. The first-order valence-corrected chi connectivity index (χ1v) is 5.63. The van der Waals surface area contributed by atoms with E-state index in [1.54, 1.807) is 6.92 Å². The molecule has 0 spiro atoms. The minimum absolute atomic E-state index is 0.276. The number of primary amides is 1. The second-order valence-corrected chi connectivity index (χ2v) is 4.25. The lowest BCUT2D eigenvalue weighted by molar-refractivity contribution is -0.115. The molecule has 0 saturated carbocycles. The molecular formula is C12H13N3OS. The van der Waals surface area contributed by atoms with E-state index in [-0.39, 0.29) is 6.04 Å². The van der Waals surface area contributed by atoms with E-state index in [0.717, 1.165) is 5.56 Å². The summed E-state index contributed by atoms with van der Waals surface area (Å²) in [6.07, 6.45) is 0. The van der Waals surface area contributed by atoms with E-state index in [1.807, 2.05) is 30.3 Å². The Morgan fingerprint density at radius 3 is 2.59 bits per heavy atom. The number of hydrogen-bond acceptors (Lipinski definition) is 2. The lowest BCUT2D eigenvalue weighted by Gasteiger charge is -2.29. The van der Waals surface area contributed by atoms with Crippen molar-refractivity contribution in [3.8, 4) is 0 Å². The second-order valence-electron chi connectivity index (χ2n) is 3.85. The summed E-state index contributed by atoms with van der Waals surface area (Å²) in [6.45, 7) is 1.79. The van der Waals surface area contributed by atoms with Crippen LogP contribution >= 0.6 is 12.2 Å². The summed E-state index contributed by atoms with van der Waals surface area (Å²) in [5.74, 6) is -0.446. The van der Waals surface area contributed by atoms with E-state index in [4.69, 9.17) is 18.0 Å². The number of nitrogens with two attached hydrogens (primary N) is 1. The van der Waals surface area contributed by atoms with Crippen molar-refractivity contribution >= 4 is 23.2 Å². The minimum Gasteiger partial charge on any atom is -0.366 e. The van der Waals surface area contributed by atoms with Crippen molar-refractivity contribution in [2.45, 2.75) is 13.0 Å². The van der Waals surface area contributed by atoms with Crippen LogP contribution in [0.5, 0.6) is 0 Å². The maximum atomic E-state index is 11.5. The van der Waals surface area contributed by atoms with Crippen molar-refractivity contribution in [3.63, 3.8) is 0 Å². The average molecular weight is 247 g/mol. The SMILES string of the molecule is CC1=C(C(N)=O)[C@H](c2ccccc2)NC(=S)N1. The first kappa shape index (κ1) is 11.6. The summed E-state index contributed by atoms with van der Waals surface area (Å²) >= 11 is 5.09. The topological polar surface area (TPSA) is 67.2 Å². The zero-order valence-corrected chi connectivity index (χ0v) is 10.2. The maximum absolute atomic E-state index is 11.5. The van der Waals surface area contributed by atoms with Crippen LogP contribution < -0.4 is 16.4 Å². The van der Waals surface area contributed by atoms with Crippen LogP contribution in [0, 0.1) is 0 Å². The van der Waals surface area contributed by atoms with Gasteiger partial charge in [-0.1, -0.05) is 30.3 Å². The third kappa shape index (κ3) is 2.29. The minimum atomic E-state index is -0.446. The van der Waals surface area contributed by atoms with Gasteiger partial charge in [0.2, 0.25) is 5.91 Å². The molecule has 4 nitrogen and oxygen atoms in total. The number of allylic oxidation sites excluding steroid dienone is 1. The summed E-state index contributed by atoms with van der Waals surface area (Å²) in [5, 5.41) is 6.47. The van der Waals surface area contributed by atoms with Gasteiger partial charge in [0, 0.05) is 5.70 Å². The van der Waals surface area contributed by atoms with Crippen molar-refractivity contribution in [1.29, 1.82) is 0 Å². The van der Waals surface area contributed by atoms with Gasteiger partial charge >= 0.3 is 0 Å². The summed E-state index contributed by atoms with van der Waals surface area (Å²) in [6, 6.07) is 9.33. The van der Waals surface area contributed by atoms with Crippen molar-refractivity contribution < 1.29 is 4.79 Å². The Balaban J connectivity index is 2.47. The molecule has 4 N–H and O–H groups in total. The molecule has 2 rings (SSSR count). The maximum Gasteiger partial charge on any atom is 0.248 e. The molecule has 0 aromatic heterocycles. The summed E-state index contributed by atoms with van der Waals surface area (Å²) in [5.41, 5.74) is 7.60. The van der Waals surface area contributed by atoms with Gasteiger partial charge in [0.15, 0.2) is 5.11 Å². The Kier molecular flexibility index (Phi) is 3.10. The molecule has 1 aromatic rings. The van der Waals surface area contributed by atoms with Crippen molar-refractivity contribution in [2.75, 3.05) is 0 Å². The number of hydrogen-bond donors (Lipinski definition) is 3. The van der Waals surface area contributed by atoms with Crippen LogP contribution in [0.4, 0.5) is 0 Å². The summed E-state index contributed by atoms with van der Waals surface area (Å²) < 4.78 is 0. The van der Waals surface area contributed by atoms with Crippen LogP contribution in [0.2, 0.25) is 0 Å². The fourth-order valence-corrected chi connectivity index (χ4v) is 2.19. The Bertz CT molecular complexity index is 496. The monoisotopic (exact) mass is 247 g/mol. The van der Waals surface area contributed by atoms with Gasteiger partial charge in [-0.2, -0.15) is 0 Å². The molecule has 1 aliphatic heterocycles. The molecule has 0 unspecified atom stereocenters. The van der Waals surface area contributed by atoms with Crippen LogP contribution in [-0.4, -0.2) is 11.0 Å². The van der Waals surface area contributed by atoms with Crippen LogP contribution in [-0.2, 0) is 4.79 Å². The van der Waals surface area contributed by atoms with E-state index >= 15 is 0 Å². The van der Waals surface area contributed by atoms with E-state index in [2.05, 4.69) is 10.6 Å². The molecule has 1 amide bonds. The van der Waals surface area contributed by atoms with Crippen LogP contribution in [0.1, 0.15) is 18.5 Å². The number of rotatable bonds is 2. The molecule has 1 atom stereocenters. The number of carbonyl (C=O) groups excluding carboxylic acids is 1. The molecule has 0 fully saturated rings. The zero-order valence-electron chi connectivity index (χ0n) is 9.36. The Labute approximate surface area is 105 Å². The quantitative estimate of drug-likeness (QED) is 0.681. The van der Waals surface area contributed by atoms with Gasteiger partial charge in [-0.05, 0) is 24.7 Å². The highest BCUT2D eigenvalue weighted by Crippen LogP contribution is 2.25. The molecule has 0 bridgehead atoms. The van der Waals surface area contributed by atoms with Gasteiger partial charge in [0.25, 0.3) is 0 Å². The first-order valence-electron chi connectivity index (χ1n) is 5.22. The molecule has 0 radical (unpaired) electrons. The normalized spacial score (nSPS) is 19.6. The highest BCUT2D eigenvalue weighted by Gasteiger charge is 2.27. The fraction of sp³-hybridized carbons (Fsp3) is 0.167. The average Bonchev–Trinajstić information content (AvgIpc) is 2.28. The summed E-state index contributed by atoms with van der Waals surface area (Å²) in [7, 11) is 0. The third-order valence-electron chi connectivity index (χ3n) is 2.67. The number of benzene rings is 1. The zero-order chi connectivity index (χ0) is 12.4. The van der Waals surface area contributed by atoms with Crippen LogP contribution in [0.25, 0.3) is 0 Å². The van der Waals surface area contributed by atoms with Crippen LogP contribution in [0.15, 0.2) is 41.6 Å². The largest absolute Gasteiger partial charge is 0.366 e. The van der Waals surface area contributed by atoms with Crippen molar-refractivity contribution in [2.24, 2.45) is 5.73 Å². The molecule has 5 heteroatoms. The van der Waals surface area contributed by atoms with E-state index < -0.39 is 5.91 Å². The molecule has 17 heavy (non-hydrogen) atoms. The van der Waals surface area contributed by atoms with Crippen molar-refractivity contribution in [3.05, 3.63) is 47.2 Å². The van der Waals surface area contributed by atoms with Gasteiger partial charge in [-0.3, -0.25) is 4.79 Å². The van der Waals surface area contributed by atoms with Gasteiger partial charge in [-0.15, -0.1) is 0 Å². The van der Waals surface area contributed by atoms with Gasteiger partial charge in [0.1, 0.15) is 0 Å². The lowest BCUT2D eigenvalue weighted by Crippen LogP contribution is -2.46. The number of thiocarbonyl (C=S) groups is 1. The lowest BCUT2D eigenvalue weighted by atomic mass is 9.95. The number of carbonyl (C=O) groups is 1. The summed E-state index contributed by atoms with van der Waals surface area (Å²) in [4.78, 5) is 11.5. The van der Waals surface area contributed by atoms with E-state index in [9.17, 15) is 4.79 Å². The van der Waals surface area contributed by atoms with E-state index in [1.165, 1.54) is 0 Å². The predicted molar refractivity (Wildman–Crippen MR) is 69.9 cm³/mol. The second kappa shape index (κ2) is 4.55. The smallest absolute Gasteiger partial charge is 0.248 e. The molecule has 1 aromatic carbocycles. The Morgan fingerprint density at radius 2 is 2.00 bits per heavy atom. The molecule has 0 saturated heterocycles. The third-order valence-corrected chi connectivity index (χ3v) is 2.89. The number of nitrogens with one attached hydrogen (secondary N) is 2. The first-order chi connectivity index (χ1) is 8.09. The highest BCUT2D eigenvalue weighted by molar-refractivity contribution is 7.80. The van der Waals surface area contributed by atoms with Gasteiger partial charge < -0.3 is 16.4 Å². The number of amides is 1. The Morgan fingerprint density at radius 1 is 1.35 bits per heavy atom. The van der Waals surface area contributed by atoms with Crippen molar-refractivity contribution in [1.82, 2.24) is 10.6 Å². The molecule has 1 aliphatic rings. The van der Waals surface area contributed by atoms with Gasteiger partial charge in [-0.25, -0.2) is 0 Å². The molecule has 0 aliphatic carbocycles. The standard InChI is InChI=1S/C12H13N3OS/c1-7-9(11(13)16)10(15-12(17)14-7)8-5-3-2-4-6-8/h2-6,10H,1H3,(H2,13,16)(H2,14,15,17)/t10-/m0/s1. The predicted octanol–water partition coefficient (Wildman–Crippen LogP) is 0.965. The molecular weight excluding hydrogens is 234 g/mol. The van der Waals surface area contributed by atoms with Gasteiger partial charge in [0.05, 0.1) is 11.6 Å². The van der Waals surface area contributed by atoms with Crippen LogP contribution in [0.3, 0.4) is 0 Å². The fourth-order valence-electron chi connectivity index (χ4n) is 1.92. The highest BCUT2D eigenvalue weighted by atomic mass is 32.1. The van der Waals surface area contributed by atoms with E-state index in [0.29, 0.717) is 16.4 Å². The molecule has 88 valence electrons.